The van der Waals surface area contributed by atoms with Crippen LogP contribution in [0.5, 0.6) is 0 Å². The molecule has 1 aliphatic rings. The minimum absolute atomic E-state index is 0.0199. The molecule has 0 bridgehead atoms. The molecule has 1 atom stereocenters. The predicted octanol–water partition coefficient (Wildman–Crippen LogP) is 2.54. The summed E-state index contributed by atoms with van der Waals surface area (Å²) in [4.78, 5) is 25.7. The number of aliphatic imine (C=N–C) groups is 1. The lowest BCUT2D eigenvalue weighted by Gasteiger charge is -2.47. The van der Waals surface area contributed by atoms with Crippen LogP contribution in [0.3, 0.4) is 0 Å². The molecule has 1 aromatic carbocycles. The van der Waals surface area contributed by atoms with Gasteiger partial charge in [-0.2, -0.15) is 0 Å². The van der Waals surface area contributed by atoms with Crippen molar-refractivity contribution in [3.63, 3.8) is 0 Å². The Balaban J connectivity index is 2.21. The monoisotopic (exact) mass is 407 g/mol. The zero-order valence-corrected chi connectivity index (χ0v) is 18.6. The lowest BCUT2D eigenvalue weighted by atomic mass is 10.1. The third-order valence-electron chi connectivity index (χ3n) is 5.32. The molecule has 0 aromatic heterocycles. The van der Waals surface area contributed by atoms with E-state index in [2.05, 4.69) is 60.0 Å². The van der Waals surface area contributed by atoms with Crippen LogP contribution in [0.1, 0.15) is 25.8 Å². The first-order valence-corrected chi connectivity index (χ1v) is 10.5. The minimum atomic E-state index is -0.242. The number of likely N-dealkylation sites (N-methyl/N-ethyl adjacent to an activating group) is 1. The van der Waals surface area contributed by atoms with Gasteiger partial charge in [0.05, 0.1) is 0 Å². The van der Waals surface area contributed by atoms with Gasteiger partial charge in [0, 0.05) is 51.6 Å². The molecular formula is C21H34ClN5O. The number of halogens is 1. The maximum absolute atomic E-state index is 12.2. The molecule has 0 radical (unpaired) electrons. The summed E-state index contributed by atoms with van der Waals surface area (Å²) in [6, 6.07) is 11.0. The molecule has 1 amide bonds. The number of carbonyl (C=O) groups excluding carboxylic acids is 1. The van der Waals surface area contributed by atoms with Gasteiger partial charge in [-0.25, -0.2) is 4.99 Å². The maximum atomic E-state index is 12.2. The fourth-order valence-corrected chi connectivity index (χ4v) is 3.32. The van der Waals surface area contributed by atoms with Crippen LogP contribution in [0.15, 0.2) is 35.3 Å². The summed E-state index contributed by atoms with van der Waals surface area (Å²) in [5.74, 6) is 1.31. The summed E-state index contributed by atoms with van der Waals surface area (Å²) in [6.07, 6.45) is 0.0928. The van der Waals surface area contributed by atoms with E-state index in [9.17, 15) is 4.79 Å². The molecule has 1 fully saturated rings. The quantitative estimate of drug-likeness (QED) is 0.377. The summed E-state index contributed by atoms with van der Waals surface area (Å²) in [5.41, 5.74) is 1.25. The summed E-state index contributed by atoms with van der Waals surface area (Å²) in [6.45, 7) is 7.65. The molecule has 2 rings (SSSR count). The normalized spacial score (nSPS) is 16.1. The largest absolute Gasteiger partial charge is 0.339 e. The van der Waals surface area contributed by atoms with E-state index >= 15 is 0 Å². The molecule has 1 heterocycles. The van der Waals surface area contributed by atoms with Crippen LogP contribution in [-0.4, -0.2) is 90.3 Å². The molecule has 0 spiro atoms. The first-order chi connectivity index (χ1) is 13.4. The van der Waals surface area contributed by atoms with E-state index < -0.39 is 0 Å². The number of amides is 1. The Labute approximate surface area is 174 Å². The number of alkyl halides is 1. The number of benzene rings is 1. The fourth-order valence-electron chi connectivity index (χ4n) is 3.16. The van der Waals surface area contributed by atoms with Crippen molar-refractivity contribution in [1.82, 2.24) is 19.6 Å². The first kappa shape index (κ1) is 22.5. The van der Waals surface area contributed by atoms with Crippen molar-refractivity contribution < 1.29 is 4.79 Å². The van der Waals surface area contributed by atoms with E-state index in [1.54, 1.807) is 11.9 Å². The van der Waals surface area contributed by atoms with E-state index in [1.807, 2.05) is 13.0 Å². The molecule has 1 aliphatic heterocycles. The third-order valence-corrected chi connectivity index (χ3v) is 5.51. The number of carbonyl (C=O) groups is 1. The Morgan fingerprint density at radius 2 is 1.89 bits per heavy atom. The van der Waals surface area contributed by atoms with Crippen LogP contribution in [-0.2, 0) is 11.3 Å². The topological polar surface area (TPSA) is 42.4 Å². The van der Waals surface area contributed by atoms with Gasteiger partial charge in [0.2, 0.25) is 5.91 Å². The predicted molar refractivity (Wildman–Crippen MR) is 117 cm³/mol. The minimum Gasteiger partial charge on any atom is -0.339 e. The lowest BCUT2D eigenvalue weighted by Crippen LogP contribution is -2.62. The summed E-state index contributed by atoms with van der Waals surface area (Å²) < 4.78 is 0. The molecule has 1 aromatic rings. The second kappa shape index (κ2) is 10.7. The van der Waals surface area contributed by atoms with Crippen LogP contribution in [0.2, 0.25) is 0 Å². The molecule has 7 heteroatoms. The maximum Gasteiger partial charge on any atom is 0.225 e. The molecule has 6 nitrogen and oxygen atoms in total. The smallest absolute Gasteiger partial charge is 0.225 e. The van der Waals surface area contributed by atoms with Crippen LogP contribution in [0.4, 0.5) is 0 Å². The third kappa shape index (κ3) is 5.85. The van der Waals surface area contributed by atoms with Gasteiger partial charge in [-0.3, -0.25) is 4.79 Å². The number of guanidine groups is 1. The highest BCUT2D eigenvalue weighted by Gasteiger charge is 2.33. The second-order valence-corrected chi connectivity index (χ2v) is 7.90. The molecular weight excluding hydrogens is 374 g/mol. The number of rotatable bonds is 8. The summed E-state index contributed by atoms with van der Waals surface area (Å²) in [7, 11) is 6.02. The highest BCUT2D eigenvalue weighted by atomic mass is 35.5. The van der Waals surface area contributed by atoms with Crippen LogP contribution in [0.25, 0.3) is 0 Å². The Bertz CT molecular complexity index is 645. The summed E-state index contributed by atoms with van der Waals surface area (Å²) in [5, 5.41) is 0. The average molecular weight is 408 g/mol. The van der Waals surface area contributed by atoms with Gasteiger partial charge in [0.1, 0.15) is 6.17 Å². The van der Waals surface area contributed by atoms with Gasteiger partial charge in [-0.1, -0.05) is 30.3 Å². The van der Waals surface area contributed by atoms with Gasteiger partial charge in [-0.15, -0.1) is 11.6 Å². The average Bonchev–Trinajstić information content (AvgIpc) is 2.64. The second-order valence-electron chi connectivity index (χ2n) is 7.53. The molecule has 0 N–H and O–H groups in total. The van der Waals surface area contributed by atoms with Gasteiger partial charge >= 0.3 is 0 Å². The number of likely N-dealkylation sites (tertiary alicyclic amines) is 1. The first-order valence-electron chi connectivity index (χ1n) is 9.97. The standard InChI is InChI=1S/C21H34ClN5O/c1-6-26(14-18-10-8-7-9-11-18)21(27-15-19(16-27)24(3)4)23-17(2)25(5)20(28)12-13-22/h7-11,17,19H,6,12-16H2,1-5H3. The molecule has 156 valence electrons. The van der Waals surface area contributed by atoms with Crippen molar-refractivity contribution in [3.8, 4) is 0 Å². The summed E-state index contributed by atoms with van der Waals surface area (Å²) >= 11 is 5.74. The van der Waals surface area contributed by atoms with Crippen molar-refractivity contribution in [3.05, 3.63) is 35.9 Å². The molecule has 28 heavy (non-hydrogen) atoms. The van der Waals surface area contributed by atoms with Crippen molar-refractivity contribution in [1.29, 1.82) is 0 Å². The zero-order valence-electron chi connectivity index (χ0n) is 17.8. The lowest BCUT2D eigenvalue weighted by molar-refractivity contribution is -0.131. The van der Waals surface area contributed by atoms with E-state index in [0.717, 1.165) is 32.1 Å². The van der Waals surface area contributed by atoms with Gasteiger partial charge in [-0.05, 0) is 33.5 Å². The van der Waals surface area contributed by atoms with E-state index in [0.29, 0.717) is 18.3 Å². The highest BCUT2D eigenvalue weighted by molar-refractivity contribution is 6.18. The number of nitrogens with zero attached hydrogens (tertiary/aromatic N) is 5. The molecule has 1 saturated heterocycles. The Hall–Kier alpha value is -1.79. The van der Waals surface area contributed by atoms with Gasteiger partial charge in [0.25, 0.3) is 0 Å². The number of hydrogen-bond donors (Lipinski definition) is 0. The van der Waals surface area contributed by atoms with Gasteiger partial charge in [0.15, 0.2) is 5.96 Å². The van der Waals surface area contributed by atoms with Crippen molar-refractivity contribution in [2.75, 3.05) is 46.7 Å². The van der Waals surface area contributed by atoms with Crippen molar-refractivity contribution >= 4 is 23.5 Å². The van der Waals surface area contributed by atoms with E-state index in [-0.39, 0.29) is 12.1 Å². The van der Waals surface area contributed by atoms with Crippen molar-refractivity contribution in [2.45, 2.75) is 39.0 Å². The van der Waals surface area contributed by atoms with Crippen molar-refractivity contribution in [2.24, 2.45) is 4.99 Å². The van der Waals surface area contributed by atoms with Crippen LogP contribution >= 0.6 is 11.6 Å². The Morgan fingerprint density at radius 3 is 2.43 bits per heavy atom. The highest BCUT2D eigenvalue weighted by Crippen LogP contribution is 2.18. The molecule has 1 unspecified atom stereocenters. The van der Waals surface area contributed by atoms with E-state index in [4.69, 9.17) is 16.6 Å². The van der Waals surface area contributed by atoms with Crippen LogP contribution in [0, 0.1) is 0 Å². The van der Waals surface area contributed by atoms with E-state index in [1.165, 1.54) is 5.56 Å². The SMILES string of the molecule is CCN(Cc1ccccc1)C(=NC(C)N(C)C(=O)CCCl)N1CC(N(C)C)C1. The molecule has 0 saturated carbocycles. The zero-order chi connectivity index (χ0) is 20.7. The number of hydrogen-bond acceptors (Lipinski definition) is 3. The molecule has 0 aliphatic carbocycles. The Kier molecular flexibility index (Phi) is 8.58. The Morgan fingerprint density at radius 1 is 1.25 bits per heavy atom. The fraction of sp³-hybridized carbons (Fsp3) is 0.619. The van der Waals surface area contributed by atoms with Crippen LogP contribution < -0.4 is 0 Å². The van der Waals surface area contributed by atoms with Gasteiger partial charge < -0.3 is 19.6 Å².